The molecule has 0 fully saturated rings. The predicted molar refractivity (Wildman–Crippen MR) is 65.4 cm³/mol. The van der Waals surface area contributed by atoms with Gasteiger partial charge >= 0.3 is 0 Å². The van der Waals surface area contributed by atoms with Crippen LogP contribution in [0.2, 0.25) is 5.15 Å². The quantitative estimate of drug-likeness (QED) is 0.914. The third kappa shape index (κ3) is 2.71. The van der Waals surface area contributed by atoms with E-state index >= 15 is 0 Å². The van der Waals surface area contributed by atoms with Gasteiger partial charge < -0.3 is 14.4 Å². The van der Waals surface area contributed by atoms with Crippen LogP contribution in [0.25, 0.3) is 0 Å². The van der Waals surface area contributed by atoms with Crippen molar-refractivity contribution in [1.29, 1.82) is 0 Å². The highest BCUT2D eigenvalue weighted by Crippen LogP contribution is 2.22. The number of rotatable bonds is 3. The molecule has 0 amide bonds. The highest BCUT2D eigenvalue weighted by molar-refractivity contribution is 6.29. The Kier molecular flexibility index (Phi) is 3.24. The molecule has 0 spiro atoms. The number of halogens is 1. The van der Waals surface area contributed by atoms with Crippen molar-refractivity contribution in [3.8, 4) is 11.5 Å². The Morgan fingerprint density at radius 1 is 1.41 bits per heavy atom. The molecule has 5 heteroatoms. The minimum Gasteiger partial charge on any atom is -0.508 e. The lowest BCUT2D eigenvalue weighted by atomic mass is 10.2. The van der Waals surface area contributed by atoms with E-state index in [1.54, 1.807) is 22.9 Å². The second-order valence-electron chi connectivity index (χ2n) is 3.85. The molecule has 1 N–H and O–H groups in total. The summed E-state index contributed by atoms with van der Waals surface area (Å²) in [4.78, 5) is 4.12. The number of nitrogens with zero attached hydrogens (tertiary/aromatic N) is 2. The summed E-state index contributed by atoms with van der Waals surface area (Å²) in [5.41, 5.74) is 0.942. The van der Waals surface area contributed by atoms with Gasteiger partial charge in [0.25, 0.3) is 0 Å². The first-order valence-electron chi connectivity index (χ1n) is 5.16. The molecule has 0 aliphatic rings. The monoisotopic (exact) mass is 252 g/mol. The number of phenols is 1. The van der Waals surface area contributed by atoms with Crippen LogP contribution < -0.4 is 4.74 Å². The molecule has 17 heavy (non-hydrogen) atoms. The fourth-order valence-electron chi connectivity index (χ4n) is 1.52. The fraction of sp³-hybridized carbons (Fsp3) is 0.250. The van der Waals surface area contributed by atoms with E-state index < -0.39 is 0 Å². The molecule has 0 aliphatic carbocycles. The summed E-state index contributed by atoms with van der Waals surface area (Å²) >= 11 is 5.87. The molecule has 0 unspecified atom stereocenters. The van der Waals surface area contributed by atoms with Crippen molar-refractivity contribution in [2.24, 2.45) is 7.05 Å². The van der Waals surface area contributed by atoms with Crippen molar-refractivity contribution in [3.05, 3.63) is 40.9 Å². The number of imidazole rings is 1. The van der Waals surface area contributed by atoms with Gasteiger partial charge in [-0.25, -0.2) is 4.98 Å². The van der Waals surface area contributed by atoms with Gasteiger partial charge in [0, 0.05) is 13.1 Å². The zero-order valence-electron chi connectivity index (χ0n) is 9.64. The minimum absolute atomic E-state index is 0.192. The van der Waals surface area contributed by atoms with Crippen LogP contribution >= 0.6 is 11.6 Å². The van der Waals surface area contributed by atoms with Crippen LogP contribution in [0.4, 0.5) is 0 Å². The molecule has 90 valence electrons. The molecule has 0 radical (unpaired) electrons. The first-order valence-corrected chi connectivity index (χ1v) is 5.53. The number of aromatic hydroxyl groups is 1. The second-order valence-corrected chi connectivity index (χ2v) is 4.24. The number of phenolic OH excluding ortho intramolecular Hbond substituents is 1. The van der Waals surface area contributed by atoms with Gasteiger partial charge in [-0.2, -0.15) is 0 Å². The Balaban J connectivity index is 2.09. The number of benzene rings is 1. The maximum atomic E-state index is 9.43. The molecule has 4 nitrogen and oxygen atoms in total. The molecular formula is C12H13ClN2O2. The number of ether oxygens (including phenoxy) is 1. The van der Waals surface area contributed by atoms with Crippen LogP contribution in [-0.4, -0.2) is 14.7 Å². The molecule has 0 saturated carbocycles. The van der Waals surface area contributed by atoms with Gasteiger partial charge in [0.2, 0.25) is 0 Å². The van der Waals surface area contributed by atoms with Crippen LogP contribution in [0.15, 0.2) is 24.4 Å². The molecule has 2 rings (SSSR count). The lowest BCUT2D eigenvalue weighted by Gasteiger charge is -2.07. The average Bonchev–Trinajstić information content (AvgIpc) is 2.56. The smallest absolute Gasteiger partial charge is 0.147 e. The molecule has 0 bridgehead atoms. The highest BCUT2D eigenvalue weighted by atomic mass is 35.5. The second kappa shape index (κ2) is 4.67. The van der Waals surface area contributed by atoms with Gasteiger partial charge in [-0.1, -0.05) is 11.6 Å². The third-order valence-electron chi connectivity index (χ3n) is 2.43. The maximum absolute atomic E-state index is 9.43. The molecular weight excluding hydrogens is 240 g/mol. The van der Waals surface area contributed by atoms with E-state index in [0.29, 0.717) is 17.5 Å². The first kappa shape index (κ1) is 11.8. The van der Waals surface area contributed by atoms with Crippen molar-refractivity contribution in [2.45, 2.75) is 13.5 Å². The lowest BCUT2D eigenvalue weighted by molar-refractivity contribution is 0.290. The van der Waals surface area contributed by atoms with Crippen molar-refractivity contribution < 1.29 is 9.84 Å². The van der Waals surface area contributed by atoms with Crippen LogP contribution in [0.3, 0.4) is 0 Å². The molecule has 0 saturated heterocycles. The summed E-state index contributed by atoms with van der Waals surface area (Å²) in [7, 11) is 1.82. The molecule has 0 aliphatic heterocycles. The Morgan fingerprint density at radius 3 is 2.76 bits per heavy atom. The minimum atomic E-state index is 0.192. The van der Waals surface area contributed by atoms with Gasteiger partial charge in [0.05, 0.1) is 6.20 Å². The number of aromatic nitrogens is 2. The van der Waals surface area contributed by atoms with Gasteiger partial charge in [0.1, 0.15) is 29.1 Å². The number of hydrogen-bond donors (Lipinski definition) is 1. The summed E-state index contributed by atoms with van der Waals surface area (Å²) in [6, 6.07) is 5.09. The summed E-state index contributed by atoms with van der Waals surface area (Å²) in [5.74, 6) is 1.54. The van der Waals surface area contributed by atoms with E-state index in [9.17, 15) is 5.11 Å². The van der Waals surface area contributed by atoms with Crippen LogP contribution in [0.1, 0.15) is 11.4 Å². The zero-order chi connectivity index (χ0) is 12.4. The van der Waals surface area contributed by atoms with Gasteiger partial charge in [-0.3, -0.25) is 0 Å². The number of aryl methyl sites for hydroxylation is 1. The summed E-state index contributed by atoms with van der Waals surface area (Å²) in [6.45, 7) is 2.20. The Morgan fingerprint density at radius 2 is 2.18 bits per heavy atom. The van der Waals surface area contributed by atoms with E-state index in [-0.39, 0.29) is 5.75 Å². The molecule has 2 aromatic rings. The number of hydrogen-bond acceptors (Lipinski definition) is 3. The summed E-state index contributed by atoms with van der Waals surface area (Å²) < 4.78 is 7.29. The molecule has 0 atom stereocenters. The summed E-state index contributed by atoms with van der Waals surface area (Å²) in [5, 5.41) is 9.99. The van der Waals surface area contributed by atoms with E-state index in [2.05, 4.69) is 4.98 Å². The average molecular weight is 253 g/mol. The zero-order valence-corrected chi connectivity index (χ0v) is 10.4. The molecule has 1 heterocycles. The predicted octanol–water partition coefficient (Wildman–Crippen LogP) is 2.67. The van der Waals surface area contributed by atoms with E-state index in [1.165, 1.54) is 0 Å². The Hall–Kier alpha value is -1.68. The largest absolute Gasteiger partial charge is 0.508 e. The van der Waals surface area contributed by atoms with Gasteiger partial charge in [-0.05, 0) is 24.6 Å². The third-order valence-corrected chi connectivity index (χ3v) is 2.78. The van der Waals surface area contributed by atoms with E-state index in [4.69, 9.17) is 16.3 Å². The van der Waals surface area contributed by atoms with E-state index in [1.807, 2.05) is 20.0 Å². The van der Waals surface area contributed by atoms with Crippen molar-refractivity contribution in [2.75, 3.05) is 0 Å². The Bertz CT molecular complexity index is 517. The SMILES string of the molecule is Cc1cc(O)cc(OCc2ncc(Cl)n2C)c1. The van der Waals surface area contributed by atoms with Crippen molar-refractivity contribution >= 4 is 11.6 Å². The lowest BCUT2D eigenvalue weighted by Crippen LogP contribution is -2.03. The first-order chi connectivity index (χ1) is 8.06. The topological polar surface area (TPSA) is 47.3 Å². The van der Waals surface area contributed by atoms with Gasteiger partial charge in [0.15, 0.2) is 0 Å². The maximum Gasteiger partial charge on any atom is 0.147 e. The fourth-order valence-corrected chi connectivity index (χ4v) is 1.66. The van der Waals surface area contributed by atoms with Crippen molar-refractivity contribution in [1.82, 2.24) is 9.55 Å². The molecule has 1 aromatic heterocycles. The van der Waals surface area contributed by atoms with Crippen LogP contribution in [0.5, 0.6) is 11.5 Å². The van der Waals surface area contributed by atoms with E-state index in [0.717, 1.165) is 11.4 Å². The summed E-state index contributed by atoms with van der Waals surface area (Å²) in [6.07, 6.45) is 1.58. The standard InChI is InChI=1S/C12H13ClN2O2/c1-8-3-9(16)5-10(4-8)17-7-12-14-6-11(13)15(12)2/h3-6,16H,7H2,1-2H3. The van der Waals surface area contributed by atoms with Crippen molar-refractivity contribution in [3.63, 3.8) is 0 Å². The highest BCUT2D eigenvalue weighted by Gasteiger charge is 2.05. The normalized spacial score (nSPS) is 10.5. The Labute approximate surface area is 104 Å². The molecule has 1 aromatic carbocycles. The van der Waals surface area contributed by atoms with Crippen LogP contribution in [-0.2, 0) is 13.7 Å². The van der Waals surface area contributed by atoms with Gasteiger partial charge in [-0.15, -0.1) is 0 Å². The van der Waals surface area contributed by atoms with Crippen LogP contribution in [0, 0.1) is 6.92 Å².